The highest BCUT2D eigenvalue weighted by Gasteiger charge is 2.33. The number of nitrogens with one attached hydrogen (secondary N) is 1. The molecule has 92 valence electrons. The molecule has 1 heterocycles. The molecule has 1 amide bonds. The second-order valence-electron chi connectivity index (χ2n) is 5.82. The summed E-state index contributed by atoms with van der Waals surface area (Å²) in [5, 5.41) is 0. The first-order valence-electron chi connectivity index (χ1n) is 6.80. The molecule has 0 aromatic heterocycles. The normalized spacial score (nSPS) is 40.6. The average Bonchev–Trinajstić information content (AvgIpc) is 2.29. The molecule has 0 radical (unpaired) electrons. The van der Waals surface area contributed by atoms with Crippen molar-refractivity contribution in [2.45, 2.75) is 51.5 Å². The smallest absolute Gasteiger partial charge is 0.226 e. The third-order valence-electron chi connectivity index (χ3n) is 4.48. The van der Waals surface area contributed by atoms with Gasteiger partial charge in [0.2, 0.25) is 5.91 Å². The van der Waals surface area contributed by atoms with Crippen molar-refractivity contribution in [2.24, 2.45) is 17.6 Å². The highest BCUT2D eigenvalue weighted by atomic mass is 16.1. The summed E-state index contributed by atoms with van der Waals surface area (Å²) in [5.74, 6) is 0.933. The van der Waals surface area contributed by atoms with Gasteiger partial charge in [-0.25, -0.2) is 0 Å². The summed E-state index contributed by atoms with van der Waals surface area (Å²) in [6.07, 6.45) is 7.65. The third kappa shape index (κ3) is 2.76. The summed E-state index contributed by atoms with van der Waals surface area (Å²) in [7, 11) is 0. The van der Waals surface area contributed by atoms with Gasteiger partial charge in [0, 0.05) is 6.42 Å². The Morgan fingerprint density at radius 2 is 2.06 bits per heavy atom. The van der Waals surface area contributed by atoms with Crippen LogP contribution in [0.5, 0.6) is 0 Å². The van der Waals surface area contributed by atoms with Crippen LogP contribution >= 0.6 is 0 Å². The number of hydrogen-bond donors (Lipinski definition) is 2. The van der Waals surface area contributed by atoms with E-state index in [2.05, 4.69) is 6.92 Å². The highest BCUT2D eigenvalue weighted by molar-refractivity contribution is 5.76. The van der Waals surface area contributed by atoms with Crippen LogP contribution in [0.1, 0.15) is 45.4 Å². The minimum absolute atomic E-state index is 0.0824. The zero-order valence-electron chi connectivity index (χ0n) is 10.4. The van der Waals surface area contributed by atoms with E-state index in [1.54, 1.807) is 4.90 Å². The van der Waals surface area contributed by atoms with Crippen molar-refractivity contribution < 1.29 is 9.69 Å². The topological polar surface area (TPSA) is 47.5 Å². The Hall–Kier alpha value is -0.570. The van der Waals surface area contributed by atoms with Crippen LogP contribution in [0.15, 0.2) is 0 Å². The van der Waals surface area contributed by atoms with Crippen LogP contribution in [-0.2, 0) is 4.79 Å². The predicted molar refractivity (Wildman–Crippen MR) is 64.0 cm³/mol. The van der Waals surface area contributed by atoms with E-state index in [0.717, 1.165) is 24.9 Å². The van der Waals surface area contributed by atoms with E-state index in [-0.39, 0.29) is 11.8 Å². The molecular weight excluding hydrogens is 200 g/mol. The summed E-state index contributed by atoms with van der Waals surface area (Å²) in [5.41, 5.74) is 5.43. The lowest BCUT2D eigenvalue weighted by atomic mass is 9.84. The zero-order chi connectivity index (χ0) is 11.5. The quantitative estimate of drug-likeness (QED) is 0.700. The number of quaternary nitrogens is 1. The number of rotatable bonds is 2. The number of carbonyl (C=O) groups excluding carboxylic acids is 1. The van der Waals surface area contributed by atoms with E-state index in [1.807, 2.05) is 0 Å². The van der Waals surface area contributed by atoms with Gasteiger partial charge in [0.1, 0.15) is 0 Å². The number of piperidine rings is 1. The molecule has 0 bridgehead atoms. The lowest BCUT2D eigenvalue weighted by Gasteiger charge is -2.37. The van der Waals surface area contributed by atoms with E-state index in [9.17, 15) is 4.79 Å². The Morgan fingerprint density at radius 3 is 2.75 bits per heavy atom. The van der Waals surface area contributed by atoms with Crippen LogP contribution in [-0.4, -0.2) is 25.0 Å². The van der Waals surface area contributed by atoms with Crippen molar-refractivity contribution in [1.29, 1.82) is 0 Å². The van der Waals surface area contributed by atoms with Crippen molar-refractivity contribution in [3.63, 3.8) is 0 Å². The molecule has 3 nitrogen and oxygen atoms in total. The van der Waals surface area contributed by atoms with Crippen LogP contribution in [0.3, 0.4) is 0 Å². The number of hydrogen-bond acceptors (Lipinski definition) is 1. The minimum Gasteiger partial charge on any atom is -0.369 e. The lowest BCUT2D eigenvalue weighted by molar-refractivity contribution is -0.934. The van der Waals surface area contributed by atoms with Crippen LogP contribution in [0.2, 0.25) is 0 Å². The molecule has 0 aromatic carbocycles. The van der Waals surface area contributed by atoms with Crippen LogP contribution in [0.25, 0.3) is 0 Å². The maximum Gasteiger partial charge on any atom is 0.226 e. The molecule has 2 rings (SSSR count). The first-order chi connectivity index (χ1) is 7.66. The Bertz CT molecular complexity index is 254. The maximum absolute atomic E-state index is 11.3. The Morgan fingerprint density at radius 1 is 1.25 bits per heavy atom. The van der Waals surface area contributed by atoms with Gasteiger partial charge in [-0.1, -0.05) is 13.3 Å². The van der Waals surface area contributed by atoms with Gasteiger partial charge in [-0.3, -0.25) is 4.79 Å². The van der Waals surface area contributed by atoms with E-state index in [1.165, 1.54) is 38.6 Å². The van der Waals surface area contributed by atoms with Crippen molar-refractivity contribution in [3.8, 4) is 0 Å². The zero-order valence-corrected chi connectivity index (χ0v) is 10.4. The first kappa shape index (κ1) is 11.9. The molecule has 16 heavy (non-hydrogen) atoms. The molecule has 4 atom stereocenters. The van der Waals surface area contributed by atoms with E-state index in [4.69, 9.17) is 5.73 Å². The largest absolute Gasteiger partial charge is 0.369 e. The molecule has 1 aliphatic heterocycles. The standard InChI is InChI=1S/C13H24N2O/c1-10-4-2-6-12(8-10)15-7-3-5-11(9-15)13(14)16/h10-12H,2-9H2,1H3,(H2,14,16)/p+1/t10-,11+,12-/m1/s1. The molecule has 0 aromatic rings. The molecule has 2 fully saturated rings. The van der Waals surface area contributed by atoms with E-state index >= 15 is 0 Å². The fourth-order valence-corrected chi connectivity index (χ4v) is 3.51. The number of likely N-dealkylation sites (tertiary alicyclic amines) is 1. The molecular formula is C13H25N2O+. The van der Waals surface area contributed by atoms with Gasteiger partial charge >= 0.3 is 0 Å². The molecule has 2 aliphatic rings. The van der Waals surface area contributed by atoms with Gasteiger partial charge in [-0.2, -0.15) is 0 Å². The summed E-state index contributed by atoms with van der Waals surface area (Å²) in [6.45, 7) is 4.61. The molecule has 1 saturated heterocycles. The molecule has 1 unspecified atom stereocenters. The highest BCUT2D eigenvalue weighted by Crippen LogP contribution is 2.22. The molecule has 0 spiro atoms. The van der Waals surface area contributed by atoms with Gasteiger partial charge < -0.3 is 10.6 Å². The van der Waals surface area contributed by atoms with Crippen molar-refractivity contribution >= 4 is 5.91 Å². The van der Waals surface area contributed by atoms with Gasteiger partial charge in [0.15, 0.2) is 0 Å². The number of nitrogens with two attached hydrogens (primary N) is 1. The maximum atomic E-state index is 11.3. The lowest BCUT2D eigenvalue weighted by Crippen LogP contribution is -3.17. The fourth-order valence-electron chi connectivity index (χ4n) is 3.51. The monoisotopic (exact) mass is 225 g/mol. The predicted octanol–water partition coefficient (Wildman–Crippen LogP) is 0.345. The van der Waals surface area contributed by atoms with Crippen LogP contribution < -0.4 is 10.6 Å². The first-order valence-corrected chi connectivity index (χ1v) is 6.80. The van der Waals surface area contributed by atoms with E-state index in [0.29, 0.717) is 0 Å². The SMILES string of the molecule is C[C@@H]1CCC[C@@H]([NH+]2CCC[C@H](C(N)=O)C2)C1. The second kappa shape index (κ2) is 5.17. The summed E-state index contributed by atoms with van der Waals surface area (Å²) in [4.78, 5) is 12.9. The Balaban J connectivity index is 1.90. The van der Waals surface area contributed by atoms with Crippen molar-refractivity contribution in [3.05, 3.63) is 0 Å². The average molecular weight is 225 g/mol. The van der Waals surface area contributed by atoms with Crippen molar-refractivity contribution in [1.82, 2.24) is 0 Å². The minimum atomic E-state index is -0.0824. The number of carbonyl (C=O) groups is 1. The van der Waals surface area contributed by atoms with Gasteiger partial charge in [-0.05, 0) is 31.6 Å². The van der Waals surface area contributed by atoms with Gasteiger partial charge in [0.25, 0.3) is 0 Å². The Labute approximate surface area is 98.4 Å². The molecule has 3 heteroatoms. The Kier molecular flexibility index (Phi) is 3.85. The summed E-state index contributed by atoms with van der Waals surface area (Å²) >= 11 is 0. The van der Waals surface area contributed by atoms with Gasteiger partial charge in [-0.15, -0.1) is 0 Å². The van der Waals surface area contributed by atoms with E-state index < -0.39 is 0 Å². The molecule has 1 saturated carbocycles. The van der Waals surface area contributed by atoms with Crippen LogP contribution in [0, 0.1) is 11.8 Å². The number of primary amides is 1. The summed E-state index contributed by atoms with van der Waals surface area (Å²) in [6, 6.07) is 0.797. The second-order valence-corrected chi connectivity index (χ2v) is 5.82. The molecule has 1 aliphatic carbocycles. The molecule has 3 N–H and O–H groups in total. The van der Waals surface area contributed by atoms with Gasteiger partial charge in [0.05, 0.1) is 25.0 Å². The third-order valence-corrected chi connectivity index (χ3v) is 4.48. The van der Waals surface area contributed by atoms with Crippen LogP contribution in [0.4, 0.5) is 0 Å². The van der Waals surface area contributed by atoms with Crippen molar-refractivity contribution in [2.75, 3.05) is 13.1 Å². The number of amides is 1. The fraction of sp³-hybridized carbons (Fsp3) is 0.923. The summed E-state index contributed by atoms with van der Waals surface area (Å²) < 4.78 is 0.